The fourth-order valence-electron chi connectivity index (χ4n) is 13.6. The lowest BCUT2D eigenvalue weighted by atomic mass is 9.88. The van der Waals surface area contributed by atoms with Gasteiger partial charge in [0.15, 0.2) is 44.0 Å². The summed E-state index contributed by atoms with van der Waals surface area (Å²) in [7, 11) is 0. The Labute approximate surface area is 595 Å². The number of rotatable bonds is 27. The molecule has 8 rings (SSSR count). The minimum absolute atomic E-state index is 0.866. The molecule has 8 aliphatic heterocycles. The van der Waals surface area contributed by atoms with Gasteiger partial charge in [-0.15, -0.1) is 0 Å². The third-order valence-corrected chi connectivity index (χ3v) is 19.1. The molecule has 46 heteroatoms. The SMILES string of the molecule is CC(=O)N[C@H]1[C@H](OC[C@H]2OC(O)[C@H](NC(C)=O)[C@@H](O[C@@H]3O[C@H](CO)[C@@H](O)[C@H](O[C@@H]4O[C@H](CO)[C@H](O)[C@H](O)[C@H]4O[C@@H]4O[C@@H](C)[C@@H](O)[C@@H](O)[C@@H]4O)[C@H]3NC(C)=O)[C@H]2O)O[C@H](CO)[C@@H](O[C@@H]2O[C@H](CO)[C@H](O)[C@H](O[C@]3(C(=O)O)C[C@H](O)[C@@H](NC(C)=O)[C@H]([C@H](O)[C@H](O)CO)O3)[C@H]2O)[C@@H]1O[C@@H]1O[C@@H](C)[C@@H](O)[C@@H](O)[C@@H]1O. The van der Waals surface area contributed by atoms with E-state index in [4.69, 9.17) is 71.1 Å². The monoisotopic (exact) mass is 1530 g/mol. The van der Waals surface area contributed by atoms with Crippen LogP contribution in [-0.4, -0.2) is 433 Å². The molecule has 0 saturated carbocycles. The number of carbonyl (C=O) groups is 5. The molecule has 606 valence electrons. The summed E-state index contributed by atoms with van der Waals surface area (Å²) in [5, 5.41) is 252. The summed E-state index contributed by atoms with van der Waals surface area (Å²) in [5.74, 6) is -9.12. The summed E-state index contributed by atoms with van der Waals surface area (Å²) >= 11 is 0. The maximum absolute atomic E-state index is 13.4. The number of aliphatic carboxylic acids is 1. The minimum atomic E-state index is -3.30. The van der Waals surface area contributed by atoms with Gasteiger partial charge in [0.05, 0.1) is 64.0 Å². The van der Waals surface area contributed by atoms with Crippen LogP contribution in [0.3, 0.4) is 0 Å². The van der Waals surface area contributed by atoms with Crippen LogP contribution in [0.2, 0.25) is 0 Å². The molecule has 0 aliphatic carbocycles. The van der Waals surface area contributed by atoms with E-state index in [-0.39, 0.29) is 0 Å². The largest absolute Gasteiger partial charge is 0.477 e. The molecule has 4 amide bonds. The third-order valence-electron chi connectivity index (χ3n) is 19.1. The maximum Gasteiger partial charge on any atom is 0.364 e. The van der Waals surface area contributed by atoms with E-state index in [1.807, 2.05) is 0 Å². The van der Waals surface area contributed by atoms with Gasteiger partial charge < -0.3 is 205 Å². The Morgan fingerprint density at radius 1 is 0.410 bits per heavy atom. The number of carboxylic acid groups (broad SMARTS) is 1. The Morgan fingerprint density at radius 2 is 0.819 bits per heavy atom. The Balaban J connectivity index is 1.10. The van der Waals surface area contributed by atoms with Crippen molar-refractivity contribution in [3.8, 4) is 0 Å². The summed E-state index contributed by atoms with van der Waals surface area (Å²) in [6.45, 7) is -0.474. The van der Waals surface area contributed by atoms with Crippen LogP contribution in [0.1, 0.15) is 48.0 Å². The van der Waals surface area contributed by atoms with Gasteiger partial charge in [-0.05, 0) is 13.8 Å². The molecular weight excluding hydrogens is 1440 g/mol. The van der Waals surface area contributed by atoms with Crippen molar-refractivity contribution in [1.82, 2.24) is 21.3 Å². The van der Waals surface area contributed by atoms with Crippen LogP contribution in [0.25, 0.3) is 0 Å². The normalized spacial score (nSPS) is 47.5. The number of amides is 4. The van der Waals surface area contributed by atoms with Crippen molar-refractivity contribution in [2.75, 3.05) is 39.6 Å². The van der Waals surface area contributed by atoms with E-state index in [2.05, 4.69) is 21.3 Å². The van der Waals surface area contributed by atoms with Gasteiger partial charge in [0.1, 0.15) is 177 Å². The first-order chi connectivity index (χ1) is 49.4. The molecule has 8 aliphatic rings. The van der Waals surface area contributed by atoms with Crippen molar-refractivity contribution in [2.45, 2.75) is 299 Å². The zero-order chi connectivity index (χ0) is 77.9. The molecule has 41 atom stereocenters. The third kappa shape index (κ3) is 19.1. The number of carboxylic acids is 1. The molecule has 105 heavy (non-hydrogen) atoms. The Bertz CT molecular complexity index is 2840. The topological polar surface area (TPSA) is 717 Å². The lowest BCUT2D eigenvalue weighted by Gasteiger charge is -2.52. The lowest BCUT2D eigenvalue weighted by Crippen LogP contribution is -2.72. The molecule has 26 N–H and O–H groups in total. The van der Waals surface area contributed by atoms with Crippen LogP contribution < -0.4 is 21.3 Å². The van der Waals surface area contributed by atoms with Crippen LogP contribution in [0, 0.1) is 0 Å². The minimum Gasteiger partial charge on any atom is -0.477 e. The van der Waals surface area contributed by atoms with Gasteiger partial charge >= 0.3 is 5.97 Å². The summed E-state index contributed by atoms with van der Waals surface area (Å²) < 4.78 is 89.2. The highest BCUT2D eigenvalue weighted by Crippen LogP contribution is 2.41. The van der Waals surface area contributed by atoms with Crippen LogP contribution in [0.4, 0.5) is 0 Å². The van der Waals surface area contributed by atoms with E-state index in [9.17, 15) is 136 Å². The zero-order valence-electron chi connectivity index (χ0n) is 57.0. The van der Waals surface area contributed by atoms with Gasteiger partial charge in [-0.3, -0.25) is 19.2 Å². The molecule has 0 bridgehead atoms. The van der Waals surface area contributed by atoms with Crippen molar-refractivity contribution in [3.63, 3.8) is 0 Å². The van der Waals surface area contributed by atoms with Gasteiger partial charge in [0.2, 0.25) is 23.6 Å². The Hall–Kier alpha value is -4.09. The molecule has 0 spiro atoms. The molecule has 8 fully saturated rings. The standard InChI is InChI=1S/C59H98N4O42/c1-14-31(75)38(82)41(85)54(92-14)102-48-30(63-19(6)72)52(98-25(12-68)44(48)99-56-43(87)49(36(80)24(11-67)96-56)105-59(58(89)90)7-20(73)27(60-16(3)69)47(104-59)33(77)21(74)8-64)91-13-26-37(81)45(28(51(88)94-26)61-17(4)70)100-53-29(62-18(5)71)46(35(79)23(10-66)95-53)101-57-50(40(84)34(78)22(9-65)97-57)103-55-42(86)39(83)32(76)15(2)93-55/h14-15,20-57,64-68,73-88H,7-13H2,1-6H3,(H,60,69)(H,61,70)(H,62,71)(H,63,72)(H,89,90)/t14-,15-,20-,21+,22+,23+,24+,25+,26+,27+,28+,29+,30+,31+,32+,33+,34-,35+,36-,37-,38+,39+,40-,41-,42-,43+,44+,45+,46+,47+,48+,49-,50+,51?,52+,53-,54-,55-,56-,57-,59-/m0/s1. The van der Waals surface area contributed by atoms with E-state index >= 15 is 0 Å². The molecule has 0 radical (unpaired) electrons. The van der Waals surface area contributed by atoms with Gasteiger partial charge in [-0.2, -0.15) is 0 Å². The van der Waals surface area contributed by atoms with Crippen LogP contribution in [0.5, 0.6) is 0 Å². The highest BCUT2D eigenvalue weighted by atomic mass is 16.8. The smallest absolute Gasteiger partial charge is 0.364 e. The van der Waals surface area contributed by atoms with Gasteiger partial charge in [0.25, 0.3) is 5.79 Å². The number of hydrogen-bond acceptors (Lipinski definition) is 41. The average molecular weight is 1540 g/mol. The van der Waals surface area contributed by atoms with Crippen molar-refractivity contribution in [2.24, 2.45) is 0 Å². The van der Waals surface area contributed by atoms with Gasteiger partial charge in [0, 0.05) is 34.1 Å². The molecule has 0 aromatic heterocycles. The first kappa shape index (κ1) is 86.5. The van der Waals surface area contributed by atoms with Gasteiger partial charge in [-0.25, -0.2) is 4.79 Å². The Kier molecular flexibility index (Phi) is 30.3. The fourth-order valence-corrected chi connectivity index (χ4v) is 13.6. The molecule has 0 aromatic carbocycles. The van der Waals surface area contributed by atoms with Crippen LogP contribution in [0.15, 0.2) is 0 Å². The summed E-state index contributed by atoms with van der Waals surface area (Å²) in [4.78, 5) is 65.0. The highest BCUT2D eigenvalue weighted by Gasteiger charge is 2.63. The Morgan fingerprint density at radius 3 is 1.33 bits per heavy atom. The van der Waals surface area contributed by atoms with Crippen LogP contribution >= 0.6 is 0 Å². The number of ether oxygens (including phenoxy) is 15. The number of carbonyl (C=O) groups excluding carboxylic acids is 4. The van der Waals surface area contributed by atoms with E-state index < -0.39 is 327 Å². The van der Waals surface area contributed by atoms with E-state index in [0.29, 0.717) is 0 Å². The quantitative estimate of drug-likeness (QED) is 0.0363. The molecule has 8 saturated heterocycles. The van der Waals surface area contributed by atoms with E-state index in [1.165, 1.54) is 13.8 Å². The van der Waals surface area contributed by atoms with Gasteiger partial charge in [-0.1, -0.05) is 0 Å². The summed E-state index contributed by atoms with van der Waals surface area (Å²) in [5.41, 5.74) is 0. The molecule has 0 aromatic rings. The highest BCUT2D eigenvalue weighted by molar-refractivity contribution is 5.77. The maximum atomic E-state index is 13.4. The second-order valence-corrected chi connectivity index (χ2v) is 26.8. The fraction of sp³-hybridized carbons (Fsp3) is 0.915. The second-order valence-electron chi connectivity index (χ2n) is 26.8. The van der Waals surface area contributed by atoms with Crippen molar-refractivity contribution in [3.05, 3.63) is 0 Å². The zero-order valence-corrected chi connectivity index (χ0v) is 57.0. The number of hydrogen-bond donors (Lipinski definition) is 26. The second kappa shape index (κ2) is 36.8. The number of aliphatic hydroxyl groups is 21. The predicted molar refractivity (Wildman–Crippen MR) is 325 cm³/mol. The number of nitrogens with one attached hydrogen (secondary N) is 4. The summed E-state index contributed by atoms with van der Waals surface area (Å²) in [6.07, 6.45) is -74.5. The molecule has 46 nitrogen and oxygen atoms in total. The molecule has 8 heterocycles. The predicted octanol–water partition coefficient (Wildman–Crippen LogP) is -16.6. The first-order valence-corrected chi connectivity index (χ1v) is 33.5. The van der Waals surface area contributed by atoms with Crippen molar-refractivity contribution in [1.29, 1.82) is 0 Å². The van der Waals surface area contributed by atoms with Crippen molar-refractivity contribution >= 4 is 29.6 Å². The van der Waals surface area contributed by atoms with Crippen LogP contribution in [-0.2, 0) is 95.0 Å². The lowest BCUT2D eigenvalue weighted by molar-refractivity contribution is -0.392. The average Bonchev–Trinajstić information content (AvgIpc) is 0.756. The van der Waals surface area contributed by atoms with E-state index in [0.717, 1.165) is 27.7 Å². The summed E-state index contributed by atoms with van der Waals surface area (Å²) in [6, 6.07) is -7.46. The first-order valence-electron chi connectivity index (χ1n) is 33.5. The number of aliphatic hydroxyl groups excluding tert-OH is 21. The van der Waals surface area contributed by atoms with E-state index in [1.54, 1.807) is 0 Å². The van der Waals surface area contributed by atoms with Crippen molar-refractivity contribution < 1.29 is 207 Å². The molecular formula is C59H98N4O42. The molecule has 1 unspecified atom stereocenters.